The van der Waals surface area contributed by atoms with E-state index in [-0.39, 0.29) is 5.91 Å². The van der Waals surface area contributed by atoms with Crippen molar-refractivity contribution in [1.82, 2.24) is 20.2 Å². The molecular weight excluding hydrogens is 360 g/mol. The number of halogens is 1. The van der Waals surface area contributed by atoms with Gasteiger partial charge in [-0.1, -0.05) is 28.1 Å². The molecule has 3 heterocycles. The number of hydrogen-bond donors (Lipinski definition) is 2. The molecule has 2 aliphatic heterocycles. The van der Waals surface area contributed by atoms with Crippen LogP contribution >= 0.6 is 15.9 Å². The van der Waals surface area contributed by atoms with Gasteiger partial charge in [0.05, 0.1) is 0 Å². The van der Waals surface area contributed by atoms with Crippen LogP contribution in [0.2, 0.25) is 0 Å². The van der Waals surface area contributed by atoms with E-state index in [9.17, 15) is 4.79 Å². The molecule has 2 aromatic carbocycles. The lowest BCUT2D eigenvalue weighted by Gasteiger charge is -2.34. The first-order valence-electron chi connectivity index (χ1n) is 6.98. The third-order valence-electron chi connectivity index (χ3n) is 4.22. The highest BCUT2D eigenvalue weighted by Crippen LogP contribution is 2.46. The summed E-state index contributed by atoms with van der Waals surface area (Å²) in [5, 5.41) is 18.2. The first kappa shape index (κ1) is 12.8. The fourth-order valence-electron chi connectivity index (χ4n) is 3.21. The van der Waals surface area contributed by atoms with Crippen LogP contribution in [-0.4, -0.2) is 26.1 Å². The van der Waals surface area contributed by atoms with Gasteiger partial charge in [-0.25, -0.2) is 0 Å². The summed E-state index contributed by atoms with van der Waals surface area (Å²) in [4.78, 5) is 12.9. The van der Waals surface area contributed by atoms with Crippen LogP contribution in [0.3, 0.4) is 0 Å². The zero-order valence-electron chi connectivity index (χ0n) is 11.6. The van der Waals surface area contributed by atoms with Crippen LogP contribution in [0.15, 0.2) is 46.9 Å². The first-order chi connectivity index (χ1) is 11.2. The van der Waals surface area contributed by atoms with E-state index in [2.05, 4.69) is 42.1 Å². The fourth-order valence-corrected chi connectivity index (χ4v) is 3.57. The normalized spacial score (nSPS) is 20.5. The van der Waals surface area contributed by atoms with E-state index in [4.69, 9.17) is 0 Å². The van der Waals surface area contributed by atoms with Gasteiger partial charge in [0.2, 0.25) is 5.66 Å². The molecule has 0 aliphatic carbocycles. The number of benzene rings is 2. The molecule has 1 spiro atoms. The number of carbonyl (C=O) groups is 1. The Morgan fingerprint density at radius 1 is 1.13 bits per heavy atom. The van der Waals surface area contributed by atoms with Crippen LogP contribution in [0.4, 0.5) is 11.4 Å². The second-order valence-corrected chi connectivity index (χ2v) is 6.35. The van der Waals surface area contributed by atoms with Gasteiger partial charge in [-0.2, -0.15) is 4.68 Å². The van der Waals surface area contributed by atoms with Crippen LogP contribution in [0.5, 0.6) is 0 Å². The van der Waals surface area contributed by atoms with Crippen molar-refractivity contribution in [3.8, 4) is 11.4 Å². The third-order valence-corrected chi connectivity index (χ3v) is 4.71. The van der Waals surface area contributed by atoms with Crippen LogP contribution < -0.4 is 10.6 Å². The Hall–Kier alpha value is -2.74. The highest BCUT2D eigenvalue weighted by atomic mass is 79.9. The Labute approximate surface area is 138 Å². The van der Waals surface area contributed by atoms with E-state index < -0.39 is 5.66 Å². The molecule has 5 rings (SSSR count). The molecule has 1 aromatic heterocycles. The molecule has 3 aromatic rings. The minimum absolute atomic E-state index is 0.214. The van der Waals surface area contributed by atoms with Gasteiger partial charge >= 0.3 is 0 Å². The molecule has 2 aliphatic rings. The van der Waals surface area contributed by atoms with E-state index >= 15 is 0 Å². The van der Waals surface area contributed by atoms with Crippen LogP contribution in [0, 0.1) is 0 Å². The summed E-state index contributed by atoms with van der Waals surface area (Å²) in [6.45, 7) is 0. The van der Waals surface area contributed by atoms with Gasteiger partial charge in [-0.05, 0) is 40.8 Å². The number of para-hydroxylation sites is 1. The Balaban J connectivity index is 1.87. The van der Waals surface area contributed by atoms with Crippen LogP contribution in [-0.2, 0) is 10.5 Å². The maximum absolute atomic E-state index is 12.9. The number of carbonyl (C=O) groups excluding carboxylic acids is 1. The molecule has 0 saturated carbocycles. The van der Waals surface area contributed by atoms with Gasteiger partial charge in [0.25, 0.3) is 5.91 Å². The Kier molecular flexibility index (Phi) is 2.31. The number of anilines is 2. The van der Waals surface area contributed by atoms with Crippen molar-refractivity contribution in [1.29, 1.82) is 0 Å². The molecule has 0 fully saturated rings. The number of hydrogen-bond acceptors (Lipinski definition) is 5. The number of amides is 1. The quantitative estimate of drug-likeness (QED) is 0.635. The van der Waals surface area contributed by atoms with Gasteiger partial charge in [0, 0.05) is 27.0 Å². The highest BCUT2D eigenvalue weighted by Gasteiger charge is 2.53. The molecular formula is C15H9BrN6O. The Morgan fingerprint density at radius 3 is 2.91 bits per heavy atom. The smallest absolute Gasteiger partial charge is 0.278 e. The van der Waals surface area contributed by atoms with E-state index in [1.807, 2.05) is 42.5 Å². The SMILES string of the molecule is O=C1Nc2ccc(Br)cc2C12Nc1ccccc1-c1nnnn12. The molecule has 1 amide bonds. The number of nitrogens with zero attached hydrogens (tertiary/aromatic N) is 4. The molecule has 1 unspecified atom stereocenters. The summed E-state index contributed by atoms with van der Waals surface area (Å²) in [6, 6.07) is 13.3. The third kappa shape index (κ3) is 1.48. The molecule has 8 heteroatoms. The lowest BCUT2D eigenvalue weighted by atomic mass is 9.96. The predicted molar refractivity (Wildman–Crippen MR) is 86.7 cm³/mol. The average Bonchev–Trinajstić information content (AvgIpc) is 3.14. The van der Waals surface area contributed by atoms with Gasteiger partial charge in [0.15, 0.2) is 5.82 Å². The second-order valence-electron chi connectivity index (χ2n) is 5.44. The van der Waals surface area contributed by atoms with Crippen molar-refractivity contribution < 1.29 is 4.79 Å². The van der Waals surface area contributed by atoms with Gasteiger partial charge < -0.3 is 10.6 Å². The number of nitrogens with one attached hydrogen (secondary N) is 2. The minimum Gasteiger partial charge on any atom is -0.349 e. The highest BCUT2D eigenvalue weighted by molar-refractivity contribution is 9.10. The van der Waals surface area contributed by atoms with Crippen molar-refractivity contribution in [3.05, 3.63) is 52.5 Å². The van der Waals surface area contributed by atoms with Gasteiger partial charge in [0.1, 0.15) is 0 Å². The van der Waals surface area contributed by atoms with Crippen molar-refractivity contribution in [2.75, 3.05) is 10.6 Å². The number of rotatable bonds is 0. The predicted octanol–water partition coefficient (Wildman–Crippen LogP) is 2.18. The van der Waals surface area contributed by atoms with E-state index in [1.54, 1.807) is 4.68 Å². The molecule has 23 heavy (non-hydrogen) atoms. The van der Waals surface area contributed by atoms with Crippen molar-refractivity contribution in [2.24, 2.45) is 0 Å². The molecule has 0 bridgehead atoms. The number of tetrazole rings is 1. The van der Waals surface area contributed by atoms with Crippen molar-refractivity contribution >= 4 is 33.2 Å². The van der Waals surface area contributed by atoms with Crippen molar-refractivity contribution in [2.45, 2.75) is 5.66 Å². The monoisotopic (exact) mass is 368 g/mol. The molecule has 7 nitrogen and oxygen atoms in total. The lowest BCUT2D eigenvalue weighted by molar-refractivity contribution is -0.121. The first-order valence-corrected chi connectivity index (χ1v) is 7.77. The standard InChI is InChI=1S/C15H9BrN6O/c16-8-5-6-12-10(7-8)15(14(23)17-12)18-11-4-2-1-3-9(11)13-19-20-21-22(13)15/h1-7,18H,(H,17,23). The van der Waals surface area contributed by atoms with E-state index in [0.717, 1.165) is 27.0 Å². The van der Waals surface area contributed by atoms with Crippen LogP contribution in [0.25, 0.3) is 11.4 Å². The average molecular weight is 369 g/mol. The topological polar surface area (TPSA) is 84.7 Å². The van der Waals surface area contributed by atoms with Gasteiger partial charge in [-0.3, -0.25) is 4.79 Å². The summed E-state index contributed by atoms with van der Waals surface area (Å²) in [5.41, 5.74) is 2.01. The molecule has 112 valence electrons. The molecule has 0 radical (unpaired) electrons. The summed E-state index contributed by atoms with van der Waals surface area (Å²) >= 11 is 3.47. The zero-order valence-corrected chi connectivity index (χ0v) is 13.2. The van der Waals surface area contributed by atoms with Gasteiger partial charge in [-0.15, -0.1) is 5.10 Å². The zero-order chi connectivity index (χ0) is 15.6. The summed E-state index contributed by atoms with van der Waals surface area (Å²) in [6.07, 6.45) is 0. The Morgan fingerprint density at radius 2 is 2.00 bits per heavy atom. The minimum atomic E-state index is -1.19. The maximum Gasteiger partial charge on any atom is 0.278 e. The van der Waals surface area contributed by atoms with E-state index in [1.165, 1.54) is 0 Å². The fraction of sp³-hybridized carbons (Fsp3) is 0.0667. The summed E-state index contributed by atoms with van der Waals surface area (Å²) < 4.78 is 2.42. The molecule has 2 N–H and O–H groups in total. The maximum atomic E-state index is 12.9. The molecule has 0 saturated heterocycles. The second kappa shape index (κ2) is 4.17. The van der Waals surface area contributed by atoms with Crippen LogP contribution in [0.1, 0.15) is 5.56 Å². The molecule has 1 atom stereocenters. The number of aromatic nitrogens is 4. The summed E-state index contributed by atoms with van der Waals surface area (Å²) in [5.74, 6) is 0.343. The van der Waals surface area contributed by atoms with Crippen molar-refractivity contribution in [3.63, 3.8) is 0 Å². The summed E-state index contributed by atoms with van der Waals surface area (Å²) in [7, 11) is 0. The van der Waals surface area contributed by atoms with E-state index in [0.29, 0.717) is 5.82 Å². The lowest BCUT2D eigenvalue weighted by Crippen LogP contribution is -2.51. The largest absolute Gasteiger partial charge is 0.349 e. The Bertz CT molecular complexity index is 984. The number of fused-ring (bicyclic) bond motifs is 6.